The number of rotatable bonds is 6. The summed E-state index contributed by atoms with van der Waals surface area (Å²) in [6, 6.07) is 20.8. The Bertz CT molecular complexity index is 1270. The monoisotopic (exact) mass is 574 g/mol. The Hall–Kier alpha value is -2.12. The molecule has 0 spiro atoms. The Morgan fingerprint density at radius 3 is 2.38 bits per heavy atom. The number of fused-ring (bicyclic) bond motifs is 1. The third-order valence-corrected chi connectivity index (χ3v) is 6.41. The van der Waals surface area contributed by atoms with Crippen LogP contribution in [0.15, 0.2) is 75.7 Å². The van der Waals surface area contributed by atoms with Crippen molar-refractivity contribution in [2.45, 2.75) is 0 Å². The Labute approximate surface area is 209 Å². The molecule has 0 N–H and O–H groups in total. The summed E-state index contributed by atoms with van der Waals surface area (Å²) in [4.78, 5) is 15.9. The molecule has 0 amide bonds. The van der Waals surface area contributed by atoms with Gasteiger partial charge in [-0.25, -0.2) is 0 Å². The lowest BCUT2D eigenvalue weighted by atomic mass is 10.1. The van der Waals surface area contributed by atoms with Gasteiger partial charge in [-0.15, -0.1) is 0 Å². The largest absolute Gasteiger partial charge is 0.489 e. The maximum Gasteiger partial charge on any atom is 0.263 e. The topological polar surface area (TPSA) is 34.5 Å². The fourth-order valence-electron chi connectivity index (χ4n) is 3.56. The number of benzene rings is 3. The first-order chi connectivity index (χ1) is 15.4. The van der Waals surface area contributed by atoms with Gasteiger partial charge in [0.15, 0.2) is 5.75 Å². The standard InChI is InChI=1S/C25H21Br2ClN2O2/c1-29(2)12-13-32-24-20-14-19(28)15-21(27)23(20)30(22(24)16-6-4-3-5-7-16)25(31)17-8-10-18(26)11-9-17/h3-11,14-15H,12-13H2,1-2H3. The van der Waals surface area contributed by atoms with E-state index in [-0.39, 0.29) is 5.91 Å². The van der Waals surface area contributed by atoms with Crippen molar-refractivity contribution in [2.24, 2.45) is 0 Å². The van der Waals surface area contributed by atoms with E-state index in [9.17, 15) is 4.79 Å². The zero-order valence-electron chi connectivity index (χ0n) is 17.6. The summed E-state index contributed by atoms with van der Waals surface area (Å²) in [6.07, 6.45) is 0. The van der Waals surface area contributed by atoms with Crippen molar-refractivity contribution >= 4 is 60.3 Å². The molecule has 0 aliphatic heterocycles. The Kier molecular flexibility index (Phi) is 7.05. The van der Waals surface area contributed by atoms with Gasteiger partial charge in [0.05, 0.1) is 11.2 Å². The second kappa shape index (κ2) is 9.79. The van der Waals surface area contributed by atoms with E-state index in [1.54, 1.807) is 10.6 Å². The predicted molar refractivity (Wildman–Crippen MR) is 138 cm³/mol. The van der Waals surface area contributed by atoms with Crippen molar-refractivity contribution in [1.29, 1.82) is 0 Å². The molecule has 7 heteroatoms. The molecule has 0 radical (unpaired) electrons. The third-order valence-electron chi connectivity index (χ3n) is 5.06. The van der Waals surface area contributed by atoms with Gasteiger partial charge in [-0.2, -0.15) is 0 Å². The van der Waals surface area contributed by atoms with Crippen LogP contribution in [0.2, 0.25) is 5.02 Å². The van der Waals surface area contributed by atoms with Crippen LogP contribution in [0.3, 0.4) is 0 Å². The van der Waals surface area contributed by atoms with Gasteiger partial charge in [0.2, 0.25) is 0 Å². The SMILES string of the molecule is CN(C)CCOc1c(-c2ccccc2)n(C(=O)c2ccc(Br)cc2)c2c(Br)cc(Cl)cc12. The lowest BCUT2D eigenvalue weighted by molar-refractivity contribution is 0.0966. The highest BCUT2D eigenvalue weighted by molar-refractivity contribution is 9.11. The number of ether oxygens (including phenoxy) is 1. The van der Waals surface area contributed by atoms with Gasteiger partial charge >= 0.3 is 0 Å². The molecule has 4 aromatic rings. The van der Waals surface area contributed by atoms with E-state index in [0.29, 0.717) is 28.6 Å². The number of likely N-dealkylation sites (N-methyl/N-ethyl adjacent to an activating group) is 1. The molecule has 1 aromatic heterocycles. The van der Waals surface area contributed by atoms with E-state index in [1.807, 2.05) is 74.8 Å². The summed E-state index contributed by atoms with van der Waals surface area (Å²) in [5, 5.41) is 1.35. The predicted octanol–water partition coefficient (Wildman–Crippen LogP) is 7.12. The molecule has 4 rings (SSSR count). The van der Waals surface area contributed by atoms with Crippen molar-refractivity contribution in [3.63, 3.8) is 0 Å². The number of carbonyl (C=O) groups is 1. The highest BCUT2D eigenvalue weighted by atomic mass is 79.9. The molecule has 164 valence electrons. The molecule has 3 aromatic carbocycles. The van der Waals surface area contributed by atoms with Gasteiger partial charge in [-0.05, 0) is 66.4 Å². The molecular formula is C25H21Br2ClN2O2. The van der Waals surface area contributed by atoms with Crippen molar-refractivity contribution in [2.75, 3.05) is 27.2 Å². The quantitative estimate of drug-likeness (QED) is 0.245. The van der Waals surface area contributed by atoms with Crippen molar-refractivity contribution in [3.8, 4) is 17.0 Å². The van der Waals surface area contributed by atoms with Crippen molar-refractivity contribution in [1.82, 2.24) is 9.47 Å². The molecule has 0 aliphatic carbocycles. The lowest BCUT2D eigenvalue weighted by Crippen LogP contribution is -2.19. The Balaban J connectivity index is 2.02. The molecule has 32 heavy (non-hydrogen) atoms. The minimum Gasteiger partial charge on any atom is -0.489 e. The number of hydrogen-bond acceptors (Lipinski definition) is 3. The van der Waals surface area contributed by atoms with Crippen molar-refractivity contribution < 1.29 is 9.53 Å². The first-order valence-electron chi connectivity index (χ1n) is 10.0. The first-order valence-corrected chi connectivity index (χ1v) is 12.0. The minimum atomic E-state index is -0.146. The van der Waals surface area contributed by atoms with Crippen LogP contribution in [0.5, 0.6) is 5.75 Å². The lowest BCUT2D eigenvalue weighted by Gasteiger charge is -2.14. The third kappa shape index (κ3) is 4.64. The summed E-state index contributed by atoms with van der Waals surface area (Å²) in [5.41, 5.74) is 2.89. The van der Waals surface area contributed by atoms with Crippen LogP contribution in [0, 0.1) is 0 Å². The molecular weight excluding hydrogens is 556 g/mol. The van der Waals surface area contributed by atoms with Crippen molar-refractivity contribution in [3.05, 3.63) is 86.3 Å². The highest BCUT2D eigenvalue weighted by Crippen LogP contribution is 2.44. The summed E-state index contributed by atoms with van der Waals surface area (Å²) < 4.78 is 9.67. The van der Waals surface area contributed by atoms with Gasteiger partial charge in [0.25, 0.3) is 5.91 Å². The Morgan fingerprint density at radius 2 is 1.72 bits per heavy atom. The number of nitrogens with zero attached hydrogens (tertiary/aromatic N) is 2. The van der Waals surface area contributed by atoms with E-state index < -0.39 is 0 Å². The number of carbonyl (C=O) groups excluding carboxylic acids is 1. The molecule has 4 nitrogen and oxygen atoms in total. The average molecular weight is 577 g/mol. The van der Waals surface area contributed by atoms with E-state index >= 15 is 0 Å². The van der Waals surface area contributed by atoms with Gasteiger partial charge in [-0.1, -0.05) is 57.9 Å². The number of aromatic nitrogens is 1. The summed E-state index contributed by atoms with van der Waals surface area (Å²) in [7, 11) is 3.99. The molecule has 0 saturated heterocycles. The molecule has 0 aliphatic rings. The van der Waals surface area contributed by atoms with Crippen LogP contribution in [-0.4, -0.2) is 42.6 Å². The van der Waals surface area contributed by atoms with Gasteiger partial charge in [0.1, 0.15) is 6.61 Å². The Morgan fingerprint density at radius 1 is 1.03 bits per heavy atom. The summed E-state index contributed by atoms with van der Waals surface area (Å²) >= 11 is 13.5. The van der Waals surface area contributed by atoms with Crippen LogP contribution < -0.4 is 4.74 Å². The maximum absolute atomic E-state index is 13.8. The van der Waals surface area contributed by atoms with E-state index in [0.717, 1.165) is 32.0 Å². The summed E-state index contributed by atoms with van der Waals surface area (Å²) in [5.74, 6) is 0.494. The molecule has 0 unspecified atom stereocenters. The molecule has 0 atom stereocenters. The van der Waals surface area contributed by atoms with E-state index in [4.69, 9.17) is 16.3 Å². The zero-order chi connectivity index (χ0) is 22.8. The molecule has 1 heterocycles. The van der Waals surface area contributed by atoms with E-state index in [1.165, 1.54) is 0 Å². The fourth-order valence-corrected chi connectivity index (χ4v) is 4.82. The number of halogens is 3. The first kappa shape index (κ1) is 23.1. The minimum absolute atomic E-state index is 0.146. The summed E-state index contributed by atoms with van der Waals surface area (Å²) in [6.45, 7) is 1.21. The second-order valence-corrected chi connectivity index (χ2v) is 9.83. The van der Waals surface area contributed by atoms with Gasteiger partial charge in [0, 0.05) is 37.0 Å². The smallest absolute Gasteiger partial charge is 0.263 e. The van der Waals surface area contributed by atoms with Crippen LogP contribution in [0.4, 0.5) is 0 Å². The van der Waals surface area contributed by atoms with Gasteiger partial charge < -0.3 is 9.64 Å². The van der Waals surface area contributed by atoms with Crippen LogP contribution in [0.1, 0.15) is 10.4 Å². The van der Waals surface area contributed by atoms with E-state index in [2.05, 4.69) is 36.8 Å². The highest BCUT2D eigenvalue weighted by Gasteiger charge is 2.27. The number of hydrogen-bond donors (Lipinski definition) is 0. The maximum atomic E-state index is 13.8. The molecule has 0 bridgehead atoms. The van der Waals surface area contributed by atoms with Crippen LogP contribution >= 0.6 is 43.5 Å². The molecule has 0 fully saturated rings. The fraction of sp³-hybridized carbons (Fsp3) is 0.160. The van der Waals surface area contributed by atoms with Gasteiger partial charge in [-0.3, -0.25) is 9.36 Å². The van der Waals surface area contributed by atoms with Crippen LogP contribution in [-0.2, 0) is 0 Å². The average Bonchev–Trinajstić information content (AvgIpc) is 3.08. The normalized spacial score (nSPS) is 11.3. The second-order valence-electron chi connectivity index (χ2n) is 7.63. The zero-order valence-corrected chi connectivity index (χ0v) is 21.5. The molecule has 0 saturated carbocycles. The van der Waals surface area contributed by atoms with Crippen LogP contribution in [0.25, 0.3) is 22.2 Å².